The molecule has 0 aromatic heterocycles. The lowest BCUT2D eigenvalue weighted by Gasteiger charge is -2.38. The third-order valence-corrected chi connectivity index (χ3v) is 7.84. The van der Waals surface area contributed by atoms with E-state index >= 15 is 0 Å². The fraction of sp³-hybridized carbons (Fsp3) is 0.750. The van der Waals surface area contributed by atoms with Gasteiger partial charge in [-0.25, -0.2) is 0 Å². The molecule has 3 nitrogen and oxygen atoms in total. The highest BCUT2D eigenvalue weighted by molar-refractivity contribution is 6.74. The van der Waals surface area contributed by atoms with Gasteiger partial charge in [-0.05, 0) is 30.6 Å². The average molecular weight is 241 g/mol. The summed E-state index contributed by atoms with van der Waals surface area (Å²) < 4.78 is 6.11. The van der Waals surface area contributed by atoms with Crippen molar-refractivity contribution in [1.82, 2.24) is 5.32 Å². The van der Waals surface area contributed by atoms with E-state index in [9.17, 15) is 4.79 Å². The van der Waals surface area contributed by atoms with Gasteiger partial charge in [-0.3, -0.25) is 4.79 Å². The summed E-state index contributed by atoms with van der Waals surface area (Å²) in [6.45, 7) is 11.0. The number of rotatable bonds is 2. The van der Waals surface area contributed by atoms with Gasteiger partial charge in [0.25, 0.3) is 0 Å². The van der Waals surface area contributed by atoms with Gasteiger partial charge in [-0.15, -0.1) is 0 Å². The van der Waals surface area contributed by atoms with Gasteiger partial charge >= 0.3 is 0 Å². The maximum atomic E-state index is 11.4. The first-order chi connectivity index (χ1) is 7.22. The van der Waals surface area contributed by atoms with E-state index in [2.05, 4.69) is 39.2 Å². The number of nitrogens with one attached hydrogen (secondary N) is 1. The van der Waals surface area contributed by atoms with Crippen LogP contribution in [0.4, 0.5) is 0 Å². The fourth-order valence-electron chi connectivity index (χ4n) is 1.28. The van der Waals surface area contributed by atoms with E-state index in [1.165, 1.54) is 0 Å². The second-order valence-electron chi connectivity index (χ2n) is 5.83. The summed E-state index contributed by atoms with van der Waals surface area (Å²) in [7, 11) is -1.81. The van der Waals surface area contributed by atoms with E-state index in [0.29, 0.717) is 6.42 Å². The molecule has 92 valence electrons. The van der Waals surface area contributed by atoms with Gasteiger partial charge in [0.05, 0.1) is 0 Å². The van der Waals surface area contributed by atoms with Crippen LogP contribution in [-0.2, 0) is 9.22 Å². The fourth-order valence-corrected chi connectivity index (χ4v) is 2.40. The molecule has 1 aliphatic rings. The van der Waals surface area contributed by atoms with Crippen LogP contribution < -0.4 is 5.32 Å². The van der Waals surface area contributed by atoms with E-state index in [4.69, 9.17) is 4.43 Å². The number of carbonyl (C=O) groups is 1. The maximum absolute atomic E-state index is 11.4. The molecule has 0 aliphatic carbocycles. The molecule has 0 spiro atoms. The molecule has 0 unspecified atom stereocenters. The molecule has 1 aliphatic heterocycles. The van der Waals surface area contributed by atoms with E-state index in [-0.39, 0.29) is 17.2 Å². The van der Waals surface area contributed by atoms with Crippen molar-refractivity contribution in [3.63, 3.8) is 0 Å². The van der Waals surface area contributed by atoms with Crippen LogP contribution in [0.15, 0.2) is 12.2 Å². The summed E-state index contributed by atoms with van der Waals surface area (Å²) >= 11 is 0. The Morgan fingerprint density at radius 3 is 2.62 bits per heavy atom. The predicted octanol–water partition coefficient (Wildman–Crippen LogP) is 2.80. The van der Waals surface area contributed by atoms with Crippen LogP contribution in [0.2, 0.25) is 18.1 Å². The van der Waals surface area contributed by atoms with Gasteiger partial charge in [0.1, 0.15) is 6.23 Å². The molecular weight excluding hydrogens is 218 g/mol. The number of amides is 1. The lowest BCUT2D eigenvalue weighted by molar-refractivity contribution is -0.122. The zero-order valence-corrected chi connectivity index (χ0v) is 12.0. The third kappa shape index (κ3) is 3.45. The van der Waals surface area contributed by atoms with Gasteiger partial charge < -0.3 is 9.74 Å². The van der Waals surface area contributed by atoms with E-state index in [1.54, 1.807) is 0 Å². The lowest BCUT2D eigenvalue weighted by Crippen LogP contribution is -2.48. The van der Waals surface area contributed by atoms with Gasteiger partial charge in [0.2, 0.25) is 5.91 Å². The second kappa shape index (κ2) is 4.71. The number of hydrogen-bond donors (Lipinski definition) is 1. The largest absolute Gasteiger partial charge is 0.394 e. The summed E-state index contributed by atoms with van der Waals surface area (Å²) in [4.78, 5) is 11.4. The zero-order valence-electron chi connectivity index (χ0n) is 11.0. The first-order valence-electron chi connectivity index (χ1n) is 5.86. The van der Waals surface area contributed by atoms with E-state index < -0.39 is 8.32 Å². The van der Waals surface area contributed by atoms with Crippen LogP contribution in [0.25, 0.3) is 0 Å². The van der Waals surface area contributed by atoms with Crippen molar-refractivity contribution in [3.05, 3.63) is 12.2 Å². The minimum Gasteiger partial charge on any atom is -0.394 e. The number of carbonyl (C=O) groups excluding carboxylic acids is 1. The SMILES string of the molecule is CC(C)(C)[Si](C)(C)O[C@H]1C=CCCC(=O)N1. The molecule has 1 amide bonds. The molecule has 1 N–H and O–H groups in total. The Labute approximate surface area is 99.4 Å². The van der Waals surface area contributed by atoms with Crippen molar-refractivity contribution >= 4 is 14.2 Å². The minimum absolute atomic E-state index is 0.0775. The summed E-state index contributed by atoms with van der Waals surface area (Å²) in [6, 6.07) is 0. The summed E-state index contributed by atoms with van der Waals surface area (Å²) in [5.41, 5.74) is 0. The highest BCUT2D eigenvalue weighted by Gasteiger charge is 2.39. The van der Waals surface area contributed by atoms with Crippen LogP contribution in [0.1, 0.15) is 33.6 Å². The number of allylic oxidation sites excluding steroid dienone is 1. The molecule has 0 bridgehead atoms. The molecule has 4 heteroatoms. The summed E-state index contributed by atoms with van der Waals surface area (Å²) in [6.07, 6.45) is 5.12. The van der Waals surface area contributed by atoms with Crippen LogP contribution in [0.3, 0.4) is 0 Å². The molecule has 0 radical (unpaired) electrons. The summed E-state index contributed by atoms with van der Waals surface area (Å²) in [5, 5.41) is 3.06. The van der Waals surface area contributed by atoms with Crippen molar-refractivity contribution < 1.29 is 9.22 Å². The standard InChI is InChI=1S/C12H23NO2Si/c1-12(2,3)16(4,5)15-11-9-7-6-8-10(14)13-11/h7,9,11H,6,8H2,1-5H3,(H,13,14)/t11-/m0/s1. The average Bonchev–Trinajstić information content (AvgIpc) is 2.27. The highest BCUT2D eigenvalue weighted by atomic mass is 28.4. The van der Waals surface area contributed by atoms with Crippen molar-refractivity contribution in [3.8, 4) is 0 Å². The number of hydrogen-bond acceptors (Lipinski definition) is 2. The molecule has 0 aromatic carbocycles. The van der Waals surface area contributed by atoms with Gasteiger partial charge in [0, 0.05) is 6.42 Å². The Kier molecular flexibility index (Phi) is 3.96. The van der Waals surface area contributed by atoms with Crippen LogP contribution in [-0.4, -0.2) is 20.5 Å². The Morgan fingerprint density at radius 1 is 1.44 bits per heavy atom. The van der Waals surface area contributed by atoms with Crippen molar-refractivity contribution in [1.29, 1.82) is 0 Å². The quantitative estimate of drug-likeness (QED) is 0.596. The van der Waals surface area contributed by atoms with Crippen LogP contribution >= 0.6 is 0 Å². The molecule has 1 heterocycles. The maximum Gasteiger partial charge on any atom is 0.222 e. The Bertz CT molecular complexity index is 292. The smallest absolute Gasteiger partial charge is 0.222 e. The van der Waals surface area contributed by atoms with Gasteiger partial charge in [-0.2, -0.15) is 0 Å². The molecule has 1 rings (SSSR count). The topological polar surface area (TPSA) is 38.3 Å². The van der Waals surface area contributed by atoms with E-state index in [0.717, 1.165) is 6.42 Å². The normalized spacial score (nSPS) is 22.8. The monoisotopic (exact) mass is 241 g/mol. The molecule has 0 saturated heterocycles. The Morgan fingerprint density at radius 2 is 2.06 bits per heavy atom. The summed E-state index contributed by atoms with van der Waals surface area (Å²) in [5.74, 6) is 0.0775. The zero-order chi connectivity index (χ0) is 12.4. The van der Waals surface area contributed by atoms with Crippen molar-refractivity contribution in [2.24, 2.45) is 0 Å². The molecule has 0 saturated carbocycles. The Hall–Kier alpha value is -0.613. The van der Waals surface area contributed by atoms with E-state index in [1.807, 2.05) is 12.2 Å². The molecule has 0 aromatic rings. The Balaban J connectivity index is 2.69. The first kappa shape index (κ1) is 13.5. The van der Waals surface area contributed by atoms with Crippen LogP contribution in [0, 0.1) is 0 Å². The first-order valence-corrected chi connectivity index (χ1v) is 8.77. The van der Waals surface area contributed by atoms with Gasteiger partial charge in [0.15, 0.2) is 8.32 Å². The van der Waals surface area contributed by atoms with Crippen LogP contribution in [0.5, 0.6) is 0 Å². The molecule has 1 atom stereocenters. The van der Waals surface area contributed by atoms with Crippen molar-refractivity contribution in [2.45, 2.75) is 58.0 Å². The minimum atomic E-state index is -1.81. The lowest BCUT2D eigenvalue weighted by atomic mass is 10.2. The second-order valence-corrected chi connectivity index (χ2v) is 10.6. The predicted molar refractivity (Wildman–Crippen MR) is 68.6 cm³/mol. The molecular formula is C12H23NO2Si. The third-order valence-electron chi connectivity index (χ3n) is 3.38. The molecule has 0 fully saturated rings. The molecule has 16 heavy (non-hydrogen) atoms. The highest BCUT2D eigenvalue weighted by Crippen LogP contribution is 2.37. The van der Waals surface area contributed by atoms with Gasteiger partial charge in [-0.1, -0.05) is 26.8 Å². The van der Waals surface area contributed by atoms with Crippen molar-refractivity contribution in [2.75, 3.05) is 0 Å².